The summed E-state index contributed by atoms with van der Waals surface area (Å²) in [6.07, 6.45) is 0.862. The Morgan fingerprint density at radius 2 is 2.17 bits per heavy atom. The maximum Gasteiger partial charge on any atom is 0.260 e. The van der Waals surface area contributed by atoms with E-state index in [1.54, 1.807) is 24.1 Å². The van der Waals surface area contributed by atoms with Crippen molar-refractivity contribution in [3.8, 4) is 11.5 Å². The molecule has 5 nitrogen and oxygen atoms in total. The SMILES string of the molecule is COc1ccccc1OCC(=O)N1CC[C@@H](N)C1. The lowest BCUT2D eigenvalue weighted by Crippen LogP contribution is -2.35. The number of amides is 1. The Labute approximate surface area is 106 Å². The molecule has 0 bridgehead atoms. The van der Waals surface area contributed by atoms with Crippen LogP contribution in [0.15, 0.2) is 24.3 Å². The molecule has 0 unspecified atom stereocenters. The van der Waals surface area contributed by atoms with Crippen LogP contribution in [0.4, 0.5) is 0 Å². The first-order valence-corrected chi connectivity index (χ1v) is 6.00. The number of para-hydroxylation sites is 2. The van der Waals surface area contributed by atoms with Crippen molar-refractivity contribution in [2.24, 2.45) is 5.73 Å². The molecule has 1 aromatic carbocycles. The van der Waals surface area contributed by atoms with Crippen LogP contribution in [-0.4, -0.2) is 43.7 Å². The summed E-state index contributed by atoms with van der Waals surface area (Å²) in [5.74, 6) is 1.18. The molecule has 1 amide bonds. The number of rotatable bonds is 4. The molecule has 1 atom stereocenters. The average molecular weight is 250 g/mol. The highest BCUT2D eigenvalue weighted by molar-refractivity contribution is 5.78. The van der Waals surface area contributed by atoms with Crippen LogP contribution in [0.5, 0.6) is 11.5 Å². The molecule has 1 fully saturated rings. The minimum atomic E-state index is -0.0335. The van der Waals surface area contributed by atoms with Crippen LogP contribution >= 0.6 is 0 Å². The molecule has 1 aliphatic heterocycles. The van der Waals surface area contributed by atoms with Gasteiger partial charge in [0.15, 0.2) is 18.1 Å². The summed E-state index contributed by atoms with van der Waals surface area (Å²) < 4.78 is 10.6. The quantitative estimate of drug-likeness (QED) is 0.851. The van der Waals surface area contributed by atoms with E-state index < -0.39 is 0 Å². The van der Waals surface area contributed by atoms with Gasteiger partial charge in [-0.2, -0.15) is 0 Å². The Bertz CT molecular complexity index is 422. The van der Waals surface area contributed by atoms with Gasteiger partial charge in [-0.05, 0) is 18.6 Å². The van der Waals surface area contributed by atoms with Crippen LogP contribution in [0.1, 0.15) is 6.42 Å². The van der Waals surface area contributed by atoms with Crippen molar-refractivity contribution < 1.29 is 14.3 Å². The van der Waals surface area contributed by atoms with Gasteiger partial charge in [0.25, 0.3) is 5.91 Å². The van der Waals surface area contributed by atoms with Crippen LogP contribution in [-0.2, 0) is 4.79 Å². The van der Waals surface area contributed by atoms with Crippen molar-refractivity contribution in [1.82, 2.24) is 4.90 Å². The summed E-state index contributed by atoms with van der Waals surface area (Å²) in [7, 11) is 1.57. The van der Waals surface area contributed by atoms with Gasteiger partial charge in [0.2, 0.25) is 0 Å². The lowest BCUT2D eigenvalue weighted by molar-refractivity contribution is -0.132. The number of likely N-dealkylation sites (tertiary alicyclic amines) is 1. The van der Waals surface area contributed by atoms with Crippen LogP contribution in [0.25, 0.3) is 0 Å². The smallest absolute Gasteiger partial charge is 0.260 e. The zero-order chi connectivity index (χ0) is 13.0. The first-order valence-electron chi connectivity index (χ1n) is 6.00. The number of nitrogens with two attached hydrogens (primary N) is 1. The summed E-state index contributed by atoms with van der Waals surface area (Å²) >= 11 is 0. The number of ether oxygens (including phenoxy) is 2. The summed E-state index contributed by atoms with van der Waals surface area (Å²) in [5, 5.41) is 0. The Morgan fingerprint density at radius 1 is 1.44 bits per heavy atom. The summed E-state index contributed by atoms with van der Waals surface area (Å²) in [6, 6.07) is 7.37. The van der Waals surface area contributed by atoms with Gasteiger partial charge in [-0.25, -0.2) is 0 Å². The minimum absolute atomic E-state index is 0.0209. The largest absolute Gasteiger partial charge is 0.493 e. The van der Waals surface area contributed by atoms with Gasteiger partial charge in [-0.1, -0.05) is 12.1 Å². The number of nitrogens with zero attached hydrogens (tertiary/aromatic N) is 1. The molecule has 1 heterocycles. The van der Waals surface area contributed by atoms with Gasteiger partial charge in [0.05, 0.1) is 7.11 Å². The predicted molar refractivity (Wildman–Crippen MR) is 67.7 cm³/mol. The Kier molecular flexibility index (Phi) is 4.04. The fourth-order valence-electron chi connectivity index (χ4n) is 1.98. The molecule has 18 heavy (non-hydrogen) atoms. The highest BCUT2D eigenvalue weighted by Crippen LogP contribution is 2.25. The molecule has 2 N–H and O–H groups in total. The number of carbonyl (C=O) groups is 1. The molecule has 0 saturated carbocycles. The number of hydrogen-bond acceptors (Lipinski definition) is 4. The topological polar surface area (TPSA) is 64.8 Å². The minimum Gasteiger partial charge on any atom is -0.493 e. The second kappa shape index (κ2) is 5.73. The van der Waals surface area contributed by atoms with Crippen molar-refractivity contribution in [3.05, 3.63) is 24.3 Å². The predicted octanol–water partition coefficient (Wildman–Crippen LogP) is 0.634. The number of hydrogen-bond donors (Lipinski definition) is 1. The highest BCUT2D eigenvalue weighted by Gasteiger charge is 2.23. The van der Waals surface area contributed by atoms with Gasteiger partial charge in [0.1, 0.15) is 0 Å². The molecule has 0 aliphatic carbocycles. The Morgan fingerprint density at radius 3 is 2.78 bits per heavy atom. The fraction of sp³-hybridized carbons (Fsp3) is 0.462. The Balaban J connectivity index is 1.89. The monoisotopic (exact) mass is 250 g/mol. The second-order valence-electron chi connectivity index (χ2n) is 4.33. The molecule has 0 radical (unpaired) electrons. The summed E-state index contributed by atoms with van der Waals surface area (Å²) in [4.78, 5) is 13.6. The van der Waals surface area contributed by atoms with E-state index in [0.29, 0.717) is 18.0 Å². The third-order valence-electron chi connectivity index (χ3n) is 3.00. The molecule has 1 aromatic rings. The Hall–Kier alpha value is -1.75. The normalized spacial score (nSPS) is 18.8. The summed E-state index contributed by atoms with van der Waals surface area (Å²) in [5.41, 5.74) is 5.76. The molecule has 1 aliphatic rings. The van der Waals surface area contributed by atoms with E-state index in [1.165, 1.54) is 0 Å². The van der Waals surface area contributed by atoms with Crippen LogP contribution in [0.2, 0.25) is 0 Å². The van der Waals surface area contributed by atoms with E-state index in [1.807, 2.05) is 12.1 Å². The third-order valence-corrected chi connectivity index (χ3v) is 3.00. The number of carbonyl (C=O) groups excluding carboxylic acids is 1. The maximum atomic E-state index is 11.9. The zero-order valence-corrected chi connectivity index (χ0v) is 10.5. The van der Waals surface area contributed by atoms with E-state index in [9.17, 15) is 4.79 Å². The van der Waals surface area contributed by atoms with Crippen molar-refractivity contribution in [3.63, 3.8) is 0 Å². The lowest BCUT2D eigenvalue weighted by atomic mass is 10.3. The van der Waals surface area contributed by atoms with Crippen LogP contribution < -0.4 is 15.2 Å². The van der Waals surface area contributed by atoms with Gasteiger partial charge < -0.3 is 20.1 Å². The van der Waals surface area contributed by atoms with Crippen molar-refractivity contribution in [2.75, 3.05) is 26.8 Å². The van der Waals surface area contributed by atoms with E-state index in [2.05, 4.69) is 0 Å². The molecule has 0 spiro atoms. The third kappa shape index (κ3) is 2.92. The van der Waals surface area contributed by atoms with Crippen molar-refractivity contribution in [2.45, 2.75) is 12.5 Å². The standard InChI is InChI=1S/C13H18N2O3/c1-17-11-4-2-3-5-12(11)18-9-13(16)15-7-6-10(14)8-15/h2-5,10H,6-9,14H2,1H3/t10-/m1/s1. The first kappa shape index (κ1) is 12.7. The molecule has 1 saturated heterocycles. The lowest BCUT2D eigenvalue weighted by Gasteiger charge is -2.16. The maximum absolute atomic E-state index is 11.9. The van der Waals surface area contributed by atoms with Crippen molar-refractivity contribution in [1.29, 1.82) is 0 Å². The molecular weight excluding hydrogens is 232 g/mol. The molecule has 0 aromatic heterocycles. The van der Waals surface area contributed by atoms with Crippen LogP contribution in [0, 0.1) is 0 Å². The molecule has 2 rings (SSSR count). The van der Waals surface area contributed by atoms with E-state index in [0.717, 1.165) is 13.0 Å². The summed E-state index contributed by atoms with van der Waals surface area (Å²) in [6.45, 7) is 1.36. The fourth-order valence-corrected chi connectivity index (χ4v) is 1.98. The van der Waals surface area contributed by atoms with Gasteiger partial charge >= 0.3 is 0 Å². The molecule has 5 heteroatoms. The molecular formula is C13H18N2O3. The second-order valence-corrected chi connectivity index (χ2v) is 4.33. The van der Waals surface area contributed by atoms with Gasteiger partial charge in [-0.15, -0.1) is 0 Å². The molecule has 98 valence electrons. The number of methoxy groups -OCH3 is 1. The van der Waals surface area contributed by atoms with E-state index >= 15 is 0 Å². The van der Waals surface area contributed by atoms with Gasteiger partial charge in [0, 0.05) is 19.1 Å². The highest BCUT2D eigenvalue weighted by atomic mass is 16.5. The van der Waals surface area contributed by atoms with Gasteiger partial charge in [-0.3, -0.25) is 4.79 Å². The van der Waals surface area contributed by atoms with Crippen LogP contribution in [0.3, 0.4) is 0 Å². The van der Waals surface area contributed by atoms with E-state index in [4.69, 9.17) is 15.2 Å². The van der Waals surface area contributed by atoms with Crippen molar-refractivity contribution >= 4 is 5.91 Å². The number of benzene rings is 1. The first-order chi connectivity index (χ1) is 8.70. The zero-order valence-electron chi connectivity index (χ0n) is 10.5. The average Bonchev–Trinajstić information content (AvgIpc) is 2.83. The van der Waals surface area contributed by atoms with E-state index in [-0.39, 0.29) is 18.6 Å².